The predicted molar refractivity (Wildman–Crippen MR) is 81.8 cm³/mol. The Labute approximate surface area is 133 Å². The molecular weight excluding hydrogens is 294 g/mol. The highest BCUT2D eigenvalue weighted by molar-refractivity contribution is 5.94. The van der Waals surface area contributed by atoms with Gasteiger partial charge < -0.3 is 14.2 Å². The smallest absolute Gasteiger partial charge is 0.289 e. The molecule has 0 aromatic carbocycles. The zero-order valence-corrected chi connectivity index (χ0v) is 12.6. The van der Waals surface area contributed by atoms with Crippen LogP contribution in [0.3, 0.4) is 0 Å². The minimum Gasteiger partial charge on any atom is -0.459 e. The third-order valence-electron chi connectivity index (χ3n) is 4.71. The molecule has 6 nitrogen and oxygen atoms in total. The van der Waals surface area contributed by atoms with Crippen molar-refractivity contribution in [3.63, 3.8) is 0 Å². The van der Waals surface area contributed by atoms with E-state index in [0.717, 1.165) is 13.0 Å². The van der Waals surface area contributed by atoms with E-state index in [1.54, 1.807) is 41.6 Å². The number of carbonyl (C=O) groups is 2. The van der Waals surface area contributed by atoms with Crippen LogP contribution in [0.5, 0.6) is 0 Å². The van der Waals surface area contributed by atoms with Crippen LogP contribution in [-0.2, 0) is 0 Å². The summed E-state index contributed by atoms with van der Waals surface area (Å²) in [6.07, 6.45) is 5.70. The summed E-state index contributed by atoms with van der Waals surface area (Å²) in [7, 11) is 0. The molecule has 0 bridgehead atoms. The molecule has 0 aliphatic carbocycles. The number of amides is 2. The van der Waals surface area contributed by atoms with Crippen molar-refractivity contribution in [3.05, 3.63) is 54.2 Å². The number of likely N-dealkylation sites (tertiary alicyclic amines) is 2. The SMILES string of the molecule is O=C(c1cccnc1)N1CCC2(C1)CN(C(=O)c1ccco1)C2. The molecule has 4 heterocycles. The summed E-state index contributed by atoms with van der Waals surface area (Å²) in [5.41, 5.74) is 0.660. The summed E-state index contributed by atoms with van der Waals surface area (Å²) in [5.74, 6) is 0.324. The molecule has 2 saturated heterocycles. The Balaban J connectivity index is 1.38. The third kappa shape index (κ3) is 2.40. The molecule has 0 atom stereocenters. The Morgan fingerprint density at radius 3 is 2.61 bits per heavy atom. The fourth-order valence-corrected chi connectivity index (χ4v) is 3.50. The third-order valence-corrected chi connectivity index (χ3v) is 4.71. The monoisotopic (exact) mass is 311 g/mol. The van der Waals surface area contributed by atoms with Gasteiger partial charge in [-0.3, -0.25) is 14.6 Å². The lowest BCUT2D eigenvalue weighted by Crippen LogP contribution is -2.59. The maximum Gasteiger partial charge on any atom is 0.289 e. The Kier molecular flexibility index (Phi) is 3.18. The van der Waals surface area contributed by atoms with Gasteiger partial charge in [0, 0.05) is 44.0 Å². The highest BCUT2D eigenvalue weighted by Gasteiger charge is 2.50. The molecule has 118 valence electrons. The Morgan fingerprint density at radius 2 is 1.91 bits per heavy atom. The summed E-state index contributed by atoms with van der Waals surface area (Å²) < 4.78 is 5.16. The standard InChI is InChI=1S/C17H17N3O3/c21-15(13-3-1-6-18-9-13)19-7-5-17(10-19)11-20(12-17)16(22)14-4-2-8-23-14/h1-4,6,8-9H,5,7,10-12H2. The Morgan fingerprint density at radius 1 is 1.09 bits per heavy atom. The first-order chi connectivity index (χ1) is 11.2. The van der Waals surface area contributed by atoms with E-state index in [1.807, 2.05) is 4.90 Å². The maximum absolute atomic E-state index is 12.5. The molecule has 2 aliphatic heterocycles. The minimum absolute atomic E-state index is 0.0192. The molecule has 1 spiro atoms. The largest absolute Gasteiger partial charge is 0.459 e. The van der Waals surface area contributed by atoms with Gasteiger partial charge in [-0.2, -0.15) is 0 Å². The molecule has 2 amide bonds. The Hall–Kier alpha value is -2.63. The van der Waals surface area contributed by atoms with Crippen molar-refractivity contribution in [1.82, 2.24) is 14.8 Å². The molecule has 4 rings (SSSR count). The van der Waals surface area contributed by atoms with Gasteiger partial charge in [-0.05, 0) is 30.7 Å². The lowest BCUT2D eigenvalue weighted by atomic mass is 9.79. The molecule has 2 aromatic heterocycles. The van der Waals surface area contributed by atoms with E-state index >= 15 is 0 Å². The van der Waals surface area contributed by atoms with Gasteiger partial charge in [-0.1, -0.05) is 0 Å². The predicted octanol–water partition coefficient (Wildman–Crippen LogP) is 1.66. The summed E-state index contributed by atoms with van der Waals surface area (Å²) >= 11 is 0. The zero-order valence-electron chi connectivity index (χ0n) is 12.6. The molecule has 23 heavy (non-hydrogen) atoms. The second-order valence-corrected chi connectivity index (χ2v) is 6.36. The molecule has 2 aliphatic rings. The van der Waals surface area contributed by atoms with Crippen molar-refractivity contribution in [2.75, 3.05) is 26.2 Å². The van der Waals surface area contributed by atoms with Gasteiger partial charge in [0.15, 0.2) is 5.76 Å². The number of carbonyl (C=O) groups excluding carboxylic acids is 2. The van der Waals surface area contributed by atoms with Gasteiger partial charge in [0.2, 0.25) is 0 Å². The fraction of sp³-hybridized carbons (Fsp3) is 0.353. The van der Waals surface area contributed by atoms with Crippen LogP contribution >= 0.6 is 0 Å². The molecule has 0 saturated carbocycles. The summed E-state index contributed by atoms with van der Waals surface area (Å²) in [6.45, 7) is 2.80. The van der Waals surface area contributed by atoms with Crippen molar-refractivity contribution < 1.29 is 14.0 Å². The van der Waals surface area contributed by atoms with Crippen LogP contribution in [0.25, 0.3) is 0 Å². The van der Waals surface area contributed by atoms with Gasteiger partial charge in [0.25, 0.3) is 11.8 Å². The van der Waals surface area contributed by atoms with E-state index in [1.165, 1.54) is 6.26 Å². The number of furan rings is 1. The topological polar surface area (TPSA) is 66.7 Å². The van der Waals surface area contributed by atoms with Gasteiger partial charge in [-0.15, -0.1) is 0 Å². The van der Waals surface area contributed by atoms with Crippen LogP contribution < -0.4 is 0 Å². The van der Waals surface area contributed by atoms with Crippen molar-refractivity contribution in [3.8, 4) is 0 Å². The molecule has 0 radical (unpaired) electrons. The van der Waals surface area contributed by atoms with Crippen molar-refractivity contribution >= 4 is 11.8 Å². The van der Waals surface area contributed by atoms with E-state index in [2.05, 4.69) is 4.98 Å². The average Bonchev–Trinajstić information content (AvgIpc) is 3.22. The number of hydrogen-bond acceptors (Lipinski definition) is 4. The highest BCUT2D eigenvalue weighted by atomic mass is 16.3. The molecule has 0 N–H and O–H groups in total. The number of aromatic nitrogens is 1. The first-order valence-corrected chi connectivity index (χ1v) is 7.69. The van der Waals surface area contributed by atoms with Crippen LogP contribution in [0.1, 0.15) is 27.3 Å². The van der Waals surface area contributed by atoms with Gasteiger partial charge in [-0.25, -0.2) is 0 Å². The number of rotatable bonds is 2. The lowest BCUT2D eigenvalue weighted by molar-refractivity contribution is 0.00869. The van der Waals surface area contributed by atoms with E-state index < -0.39 is 0 Å². The van der Waals surface area contributed by atoms with Crippen molar-refractivity contribution in [2.45, 2.75) is 6.42 Å². The maximum atomic E-state index is 12.5. The van der Waals surface area contributed by atoms with Crippen LogP contribution in [0, 0.1) is 5.41 Å². The lowest BCUT2D eigenvalue weighted by Gasteiger charge is -2.47. The number of pyridine rings is 1. The van der Waals surface area contributed by atoms with E-state index in [-0.39, 0.29) is 17.2 Å². The summed E-state index contributed by atoms with van der Waals surface area (Å²) in [6, 6.07) is 6.95. The molecule has 2 fully saturated rings. The van der Waals surface area contributed by atoms with Gasteiger partial charge >= 0.3 is 0 Å². The van der Waals surface area contributed by atoms with E-state index in [9.17, 15) is 9.59 Å². The fourth-order valence-electron chi connectivity index (χ4n) is 3.50. The average molecular weight is 311 g/mol. The quantitative estimate of drug-likeness (QED) is 0.846. The van der Waals surface area contributed by atoms with E-state index in [0.29, 0.717) is 31.0 Å². The summed E-state index contributed by atoms with van der Waals surface area (Å²) in [5, 5.41) is 0. The van der Waals surface area contributed by atoms with Crippen molar-refractivity contribution in [1.29, 1.82) is 0 Å². The summed E-state index contributed by atoms with van der Waals surface area (Å²) in [4.78, 5) is 32.3. The second kappa shape index (κ2) is 5.22. The van der Waals surface area contributed by atoms with Crippen LogP contribution in [-0.4, -0.2) is 52.8 Å². The minimum atomic E-state index is -0.0716. The Bertz CT molecular complexity index is 721. The van der Waals surface area contributed by atoms with Crippen LogP contribution in [0.4, 0.5) is 0 Å². The van der Waals surface area contributed by atoms with Crippen LogP contribution in [0.15, 0.2) is 47.3 Å². The highest BCUT2D eigenvalue weighted by Crippen LogP contribution is 2.40. The first-order valence-electron chi connectivity index (χ1n) is 7.69. The molecule has 0 unspecified atom stereocenters. The van der Waals surface area contributed by atoms with Crippen LogP contribution in [0.2, 0.25) is 0 Å². The second-order valence-electron chi connectivity index (χ2n) is 6.36. The molecule has 2 aromatic rings. The van der Waals surface area contributed by atoms with E-state index in [4.69, 9.17) is 4.42 Å². The number of nitrogens with zero attached hydrogens (tertiary/aromatic N) is 3. The molecule has 6 heteroatoms. The van der Waals surface area contributed by atoms with Gasteiger partial charge in [0.1, 0.15) is 0 Å². The van der Waals surface area contributed by atoms with Crippen molar-refractivity contribution in [2.24, 2.45) is 5.41 Å². The molecular formula is C17H17N3O3. The van der Waals surface area contributed by atoms with Gasteiger partial charge in [0.05, 0.1) is 11.8 Å². The first kappa shape index (κ1) is 14.0. The normalized spacial score (nSPS) is 19.0. The zero-order chi connectivity index (χ0) is 15.9. The number of hydrogen-bond donors (Lipinski definition) is 0.